The fourth-order valence-corrected chi connectivity index (χ4v) is 3.55. The first-order chi connectivity index (χ1) is 14.8. The lowest BCUT2D eigenvalue weighted by molar-refractivity contribution is -0.0831. The summed E-state index contributed by atoms with van der Waals surface area (Å²) in [4.78, 5) is 13.1. The Morgan fingerprint density at radius 2 is 1.37 bits per heavy atom. The van der Waals surface area contributed by atoms with E-state index in [0.717, 1.165) is 21.5 Å². The predicted octanol–water partition coefficient (Wildman–Crippen LogP) is 3.60. The molecule has 0 radical (unpaired) electrons. The molecule has 0 aromatic heterocycles. The first-order valence-corrected chi connectivity index (χ1v) is 10.3. The Hall–Kier alpha value is -2.51. The van der Waals surface area contributed by atoms with Crippen molar-refractivity contribution in [2.24, 2.45) is 0 Å². The number of hydrogen-bond donors (Lipinski definition) is 0. The molecular formula is C24H26O6. The monoisotopic (exact) mass is 410 g/mol. The number of hydrogen-bond acceptors (Lipinski definition) is 6. The number of ether oxygens (including phenoxy) is 5. The van der Waals surface area contributed by atoms with Gasteiger partial charge in [0.25, 0.3) is 0 Å². The normalized spacial score (nSPS) is 19.1. The summed E-state index contributed by atoms with van der Waals surface area (Å²) >= 11 is 0. The summed E-state index contributed by atoms with van der Waals surface area (Å²) in [6, 6.07) is 17.8. The average molecular weight is 410 g/mol. The molecule has 1 unspecified atom stereocenters. The Bertz CT molecular complexity index is 920. The lowest BCUT2D eigenvalue weighted by Crippen LogP contribution is -2.30. The van der Waals surface area contributed by atoms with Crippen molar-refractivity contribution < 1.29 is 28.5 Å². The van der Waals surface area contributed by atoms with E-state index in [1.807, 2.05) is 48.5 Å². The highest BCUT2D eigenvalue weighted by atomic mass is 16.6. The number of benzene rings is 3. The van der Waals surface area contributed by atoms with Crippen LogP contribution in [0.5, 0.6) is 0 Å². The van der Waals surface area contributed by atoms with Gasteiger partial charge in [-0.3, -0.25) is 0 Å². The van der Waals surface area contributed by atoms with Crippen LogP contribution in [0.25, 0.3) is 21.5 Å². The molecule has 6 nitrogen and oxygen atoms in total. The van der Waals surface area contributed by atoms with Crippen molar-refractivity contribution >= 4 is 27.5 Å². The zero-order valence-electron chi connectivity index (χ0n) is 16.9. The molecule has 0 spiro atoms. The van der Waals surface area contributed by atoms with Crippen LogP contribution in [0, 0.1) is 0 Å². The van der Waals surface area contributed by atoms with Crippen molar-refractivity contribution in [2.75, 3.05) is 52.9 Å². The number of carbonyl (C=O) groups excluding carboxylic acids is 1. The summed E-state index contributed by atoms with van der Waals surface area (Å²) in [5.41, 5.74) is 0.578. The molecule has 1 aliphatic heterocycles. The van der Waals surface area contributed by atoms with E-state index in [1.165, 1.54) is 0 Å². The summed E-state index contributed by atoms with van der Waals surface area (Å²) in [6.07, 6.45) is -0.363. The number of rotatable bonds is 3. The molecule has 0 saturated carbocycles. The van der Waals surface area contributed by atoms with Crippen LogP contribution in [0.15, 0.2) is 54.6 Å². The van der Waals surface area contributed by atoms with E-state index in [9.17, 15) is 4.79 Å². The largest absolute Gasteiger partial charge is 0.459 e. The molecule has 4 rings (SSSR count). The number of esters is 1. The Balaban J connectivity index is 1.50. The van der Waals surface area contributed by atoms with E-state index in [4.69, 9.17) is 23.7 Å². The Morgan fingerprint density at radius 3 is 2.03 bits per heavy atom. The van der Waals surface area contributed by atoms with Gasteiger partial charge in [0, 0.05) is 0 Å². The van der Waals surface area contributed by atoms with Gasteiger partial charge in [-0.05, 0) is 27.6 Å². The molecule has 3 aromatic carbocycles. The second-order valence-corrected chi connectivity index (χ2v) is 7.08. The SMILES string of the molecule is O=C(OCC1COCCOCCOCCO1)c1c2ccccc2cc2ccccc12. The second-order valence-electron chi connectivity index (χ2n) is 7.08. The molecule has 0 amide bonds. The van der Waals surface area contributed by atoms with Crippen LogP contribution in [-0.2, 0) is 23.7 Å². The van der Waals surface area contributed by atoms with Crippen LogP contribution in [0.3, 0.4) is 0 Å². The van der Waals surface area contributed by atoms with Crippen molar-refractivity contribution in [2.45, 2.75) is 6.10 Å². The fraction of sp³-hybridized carbons (Fsp3) is 0.375. The van der Waals surface area contributed by atoms with Crippen molar-refractivity contribution in [3.63, 3.8) is 0 Å². The van der Waals surface area contributed by atoms with Crippen LogP contribution < -0.4 is 0 Å². The third kappa shape index (κ3) is 5.15. The van der Waals surface area contributed by atoms with Gasteiger partial charge in [-0.1, -0.05) is 48.5 Å². The molecule has 1 aliphatic rings. The molecule has 0 N–H and O–H groups in total. The minimum Gasteiger partial charge on any atom is -0.459 e. The third-order valence-electron chi connectivity index (χ3n) is 5.00. The molecule has 1 heterocycles. The van der Waals surface area contributed by atoms with Gasteiger partial charge in [0.05, 0.1) is 51.8 Å². The van der Waals surface area contributed by atoms with Gasteiger partial charge in [-0.2, -0.15) is 0 Å². The van der Waals surface area contributed by atoms with Gasteiger partial charge < -0.3 is 23.7 Å². The van der Waals surface area contributed by atoms with E-state index in [-0.39, 0.29) is 18.7 Å². The molecule has 3 aromatic rings. The smallest absolute Gasteiger partial charge is 0.339 e. The Kier molecular flexibility index (Phi) is 7.26. The average Bonchev–Trinajstić information content (AvgIpc) is 2.77. The van der Waals surface area contributed by atoms with Gasteiger partial charge in [0.15, 0.2) is 0 Å². The van der Waals surface area contributed by atoms with Crippen LogP contribution in [0.4, 0.5) is 0 Å². The number of carbonyl (C=O) groups is 1. The van der Waals surface area contributed by atoms with E-state index < -0.39 is 0 Å². The predicted molar refractivity (Wildman–Crippen MR) is 114 cm³/mol. The topological polar surface area (TPSA) is 63.2 Å². The highest BCUT2D eigenvalue weighted by Crippen LogP contribution is 2.29. The Morgan fingerprint density at radius 1 is 0.800 bits per heavy atom. The Labute approximate surface area is 175 Å². The van der Waals surface area contributed by atoms with Gasteiger partial charge in [-0.25, -0.2) is 4.79 Å². The van der Waals surface area contributed by atoms with Crippen LogP contribution in [-0.4, -0.2) is 64.9 Å². The second kappa shape index (κ2) is 10.5. The molecule has 0 aliphatic carbocycles. The molecule has 1 saturated heterocycles. The highest BCUT2D eigenvalue weighted by Gasteiger charge is 2.19. The summed E-state index contributed by atoms with van der Waals surface area (Å²) in [5, 5.41) is 3.77. The van der Waals surface area contributed by atoms with E-state index in [0.29, 0.717) is 51.8 Å². The van der Waals surface area contributed by atoms with Gasteiger partial charge in [0.1, 0.15) is 12.7 Å². The van der Waals surface area contributed by atoms with Crippen LogP contribution in [0.1, 0.15) is 10.4 Å². The maximum atomic E-state index is 13.1. The van der Waals surface area contributed by atoms with Crippen molar-refractivity contribution in [3.8, 4) is 0 Å². The van der Waals surface area contributed by atoms with Crippen molar-refractivity contribution in [1.82, 2.24) is 0 Å². The van der Waals surface area contributed by atoms with Crippen LogP contribution in [0.2, 0.25) is 0 Å². The first-order valence-electron chi connectivity index (χ1n) is 10.3. The lowest BCUT2D eigenvalue weighted by atomic mass is 9.97. The summed E-state index contributed by atoms with van der Waals surface area (Å²) in [7, 11) is 0. The zero-order valence-corrected chi connectivity index (χ0v) is 16.9. The van der Waals surface area contributed by atoms with Gasteiger partial charge in [0.2, 0.25) is 0 Å². The van der Waals surface area contributed by atoms with Crippen LogP contribution >= 0.6 is 0 Å². The summed E-state index contributed by atoms with van der Waals surface area (Å²) in [6.45, 7) is 3.33. The minimum atomic E-state index is -0.364. The fourth-order valence-electron chi connectivity index (χ4n) is 3.55. The van der Waals surface area contributed by atoms with Crippen molar-refractivity contribution in [3.05, 3.63) is 60.2 Å². The quantitative estimate of drug-likeness (QED) is 0.486. The van der Waals surface area contributed by atoms with Crippen molar-refractivity contribution in [1.29, 1.82) is 0 Å². The van der Waals surface area contributed by atoms with E-state index >= 15 is 0 Å². The zero-order chi connectivity index (χ0) is 20.6. The maximum Gasteiger partial charge on any atom is 0.339 e. The molecule has 0 bridgehead atoms. The van der Waals surface area contributed by atoms with E-state index in [1.54, 1.807) is 0 Å². The van der Waals surface area contributed by atoms with E-state index in [2.05, 4.69) is 6.07 Å². The third-order valence-corrected chi connectivity index (χ3v) is 5.00. The molecule has 1 fully saturated rings. The molecule has 30 heavy (non-hydrogen) atoms. The molecule has 6 heteroatoms. The first kappa shape index (κ1) is 20.8. The molecular weight excluding hydrogens is 384 g/mol. The molecule has 1 atom stereocenters. The molecule has 158 valence electrons. The summed E-state index contributed by atoms with van der Waals surface area (Å²) in [5.74, 6) is -0.364. The number of fused-ring (bicyclic) bond motifs is 2. The summed E-state index contributed by atoms with van der Waals surface area (Å²) < 4.78 is 28.0. The lowest BCUT2D eigenvalue weighted by Gasteiger charge is -2.20. The minimum absolute atomic E-state index is 0.108. The maximum absolute atomic E-state index is 13.1. The van der Waals surface area contributed by atoms with Gasteiger partial charge >= 0.3 is 5.97 Å². The standard InChI is InChI=1S/C24H26O6/c25-24(30-17-20-16-28-12-11-26-9-10-27-13-14-29-20)23-21-7-3-1-5-18(21)15-19-6-2-4-8-22(19)23/h1-8,15,20H,9-14,16-17H2. The highest BCUT2D eigenvalue weighted by molar-refractivity contribution is 6.16. The van der Waals surface area contributed by atoms with Gasteiger partial charge in [-0.15, -0.1) is 0 Å².